The third-order valence-electron chi connectivity index (χ3n) is 20.3. The Morgan fingerprint density at radius 2 is 1.20 bits per heavy atom. The fourth-order valence-corrected chi connectivity index (χ4v) is 15.7. The fourth-order valence-electron chi connectivity index (χ4n) is 15.7. The van der Waals surface area contributed by atoms with Gasteiger partial charge >= 0.3 is 0 Å². The molecular weight excluding hydrogens is 1000 g/mol. The molecule has 4 aliphatic heterocycles. The van der Waals surface area contributed by atoms with Gasteiger partial charge in [-0.3, -0.25) is 0 Å². The van der Waals surface area contributed by atoms with E-state index in [-0.39, 0.29) is 31.3 Å². The van der Waals surface area contributed by atoms with Gasteiger partial charge in [0, 0.05) is 5.41 Å². The third kappa shape index (κ3) is 10.4. The molecule has 0 aromatic rings. The number of aldehydes is 1. The zero-order valence-electron chi connectivity index (χ0n) is 44.7. The van der Waals surface area contributed by atoms with E-state index in [1.807, 2.05) is 33.8 Å². The molecule has 0 bridgehead atoms. The molecule has 23 heteroatoms. The molecule has 0 radical (unpaired) electrons. The summed E-state index contributed by atoms with van der Waals surface area (Å²) in [7, 11) is 0. The van der Waals surface area contributed by atoms with E-state index < -0.39 is 188 Å². The van der Waals surface area contributed by atoms with Crippen LogP contribution in [0.2, 0.25) is 0 Å². The van der Waals surface area contributed by atoms with Crippen LogP contribution in [-0.4, -0.2) is 239 Å². The lowest BCUT2D eigenvalue weighted by Gasteiger charge is -2.70. The summed E-state index contributed by atoms with van der Waals surface area (Å²) in [5, 5.41) is 153. The molecule has 8 fully saturated rings. The van der Waals surface area contributed by atoms with Crippen LogP contribution in [0.3, 0.4) is 0 Å². The van der Waals surface area contributed by atoms with Gasteiger partial charge in [0.25, 0.3) is 0 Å². The summed E-state index contributed by atoms with van der Waals surface area (Å²) in [4.78, 5) is 14.2. The van der Waals surface area contributed by atoms with E-state index in [2.05, 4.69) is 13.8 Å². The van der Waals surface area contributed by atoms with Crippen LogP contribution in [-0.2, 0) is 42.7 Å². The van der Waals surface area contributed by atoms with Crippen molar-refractivity contribution in [1.29, 1.82) is 0 Å². The van der Waals surface area contributed by atoms with Gasteiger partial charge in [-0.2, -0.15) is 0 Å². The van der Waals surface area contributed by atoms with Gasteiger partial charge in [0.05, 0.1) is 50.3 Å². The maximum absolute atomic E-state index is 14.2. The Labute approximate surface area is 443 Å². The molecule has 0 aromatic carbocycles. The summed E-state index contributed by atoms with van der Waals surface area (Å²) < 4.78 is 48.7. The average Bonchev–Trinajstić information content (AvgIpc) is 3.84. The summed E-state index contributed by atoms with van der Waals surface area (Å²) >= 11 is 0. The number of aliphatic hydroxyl groups excluding tert-OH is 13. The Kier molecular flexibility index (Phi) is 18.4. The Morgan fingerprint density at radius 3 is 1.80 bits per heavy atom. The second kappa shape index (κ2) is 23.1. The first-order chi connectivity index (χ1) is 35.7. The van der Waals surface area contributed by atoms with Crippen LogP contribution in [0, 0.1) is 45.3 Å². The molecule has 438 valence electrons. The number of aliphatic hydroxyl groups is 14. The molecule has 4 saturated carbocycles. The summed E-state index contributed by atoms with van der Waals surface area (Å²) in [5.41, 5.74) is -3.44. The van der Waals surface area contributed by atoms with Crippen LogP contribution in [0.4, 0.5) is 0 Å². The van der Waals surface area contributed by atoms with Gasteiger partial charge in [0.15, 0.2) is 25.2 Å². The molecule has 0 amide bonds. The number of rotatable bonds is 16. The summed E-state index contributed by atoms with van der Waals surface area (Å²) in [6.45, 7) is 11.5. The number of allylic oxidation sites excluding steroid dienone is 2. The van der Waals surface area contributed by atoms with Crippen LogP contribution in [0.15, 0.2) is 11.6 Å². The highest BCUT2D eigenvalue weighted by Gasteiger charge is 2.73. The van der Waals surface area contributed by atoms with Gasteiger partial charge in [-0.15, -0.1) is 0 Å². The van der Waals surface area contributed by atoms with Crippen molar-refractivity contribution >= 4 is 6.29 Å². The lowest BCUT2D eigenvalue weighted by Crippen LogP contribution is -2.69. The normalized spacial score (nSPS) is 52.1. The highest BCUT2D eigenvalue weighted by Crippen LogP contribution is 2.76. The molecule has 23 nitrogen and oxygen atoms in total. The van der Waals surface area contributed by atoms with Gasteiger partial charge < -0.3 is 114 Å². The number of hydrogen-bond donors (Lipinski definition) is 14. The SMILES string of the molecule is CC(C)=CCCC(O)(COC1OC(CO)C(O)C(O)C1O)C1CCC2(C)C1C(O)CC1C3(C=O)CCC(OC4OCC(O)C(OC5OC(CO)C(O)C(O)C5O)C4OC4OC(C)C(O)C(O)C4O)C(C)(C)C3CCC12C. The van der Waals surface area contributed by atoms with Gasteiger partial charge in [-0.05, 0) is 118 Å². The van der Waals surface area contributed by atoms with E-state index in [1.165, 1.54) is 6.92 Å². The van der Waals surface area contributed by atoms with Crippen molar-refractivity contribution in [2.75, 3.05) is 26.4 Å². The smallest absolute Gasteiger partial charge is 0.187 e. The Hall–Kier alpha value is -1.47. The molecule has 0 spiro atoms. The van der Waals surface area contributed by atoms with E-state index in [0.717, 1.165) is 11.9 Å². The molecule has 4 heterocycles. The molecular formula is C53H88O23. The van der Waals surface area contributed by atoms with E-state index >= 15 is 0 Å². The first kappa shape index (κ1) is 60.6. The Balaban J connectivity index is 1.05. The second-order valence-corrected chi connectivity index (χ2v) is 24.9. The summed E-state index contributed by atoms with van der Waals surface area (Å²) in [6.07, 6.45) is -24.6. The molecule has 29 atom stereocenters. The van der Waals surface area contributed by atoms with Crippen LogP contribution in [0.25, 0.3) is 0 Å². The van der Waals surface area contributed by atoms with E-state index in [4.69, 9.17) is 37.9 Å². The van der Waals surface area contributed by atoms with Crippen molar-refractivity contribution in [2.24, 2.45) is 45.3 Å². The first-order valence-electron chi connectivity index (χ1n) is 27.3. The molecule has 29 unspecified atom stereocenters. The largest absolute Gasteiger partial charge is 0.394 e. The predicted octanol–water partition coefficient (Wildman–Crippen LogP) is -2.38. The molecule has 0 aromatic heterocycles. The summed E-state index contributed by atoms with van der Waals surface area (Å²) in [5.74, 6) is -1.61. The fraction of sp³-hybridized carbons (Fsp3) is 0.943. The van der Waals surface area contributed by atoms with Gasteiger partial charge in [-0.1, -0.05) is 39.3 Å². The Morgan fingerprint density at radius 1 is 0.632 bits per heavy atom. The second-order valence-electron chi connectivity index (χ2n) is 24.9. The minimum absolute atomic E-state index is 0.226. The molecule has 4 saturated heterocycles. The Bertz CT molecular complexity index is 1990. The quantitative estimate of drug-likeness (QED) is 0.0436. The number of carbonyl (C=O) groups is 1. The van der Waals surface area contributed by atoms with E-state index in [0.29, 0.717) is 44.9 Å². The van der Waals surface area contributed by atoms with Crippen LogP contribution in [0.1, 0.15) is 106 Å². The molecule has 4 aliphatic carbocycles. The molecule has 76 heavy (non-hydrogen) atoms. The van der Waals surface area contributed by atoms with Crippen LogP contribution < -0.4 is 0 Å². The van der Waals surface area contributed by atoms with Crippen molar-refractivity contribution in [3.05, 3.63) is 11.6 Å². The van der Waals surface area contributed by atoms with E-state index in [9.17, 15) is 76.3 Å². The zero-order valence-corrected chi connectivity index (χ0v) is 44.7. The molecule has 14 N–H and O–H groups in total. The minimum Gasteiger partial charge on any atom is -0.394 e. The lowest BCUT2D eigenvalue weighted by molar-refractivity contribution is -0.388. The van der Waals surface area contributed by atoms with Crippen molar-refractivity contribution < 1.29 is 114 Å². The first-order valence-corrected chi connectivity index (χ1v) is 27.3. The topological polar surface area (TPSA) is 374 Å². The standard InChI is InChI=1S/C53H88O23/c1-23(2)9-8-13-53(68,22-70-45-40(65)38(63)35(60)28(18-54)72-45)25-10-14-51(7)33(25)26(57)17-31-50(51,6)15-11-30-49(4,5)32(12-16-52(30,31)21-56)74-48-44(76-46-41(66)37(62)34(59)24(3)71-46)43(27(58)20-69-48)75-47-42(67)39(64)36(61)29(19-55)73-47/h9,21,24-48,54-55,57-68H,8,10-20,22H2,1-7H3. The number of carbonyl (C=O) groups excluding carboxylic acids is 1. The number of ether oxygens (including phenoxy) is 8. The van der Waals surface area contributed by atoms with Gasteiger partial charge in [-0.25, -0.2) is 0 Å². The number of fused-ring (bicyclic) bond motifs is 5. The maximum atomic E-state index is 14.2. The lowest BCUT2D eigenvalue weighted by atomic mass is 9.35. The van der Waals surface area contributed by atoms with Crippen molar-refractivity contribution in [3.63, 3.8) is 0 Å². The van der Waals surface area contributed by atoms with E-state index in [1.54, 1.807) is 0 Å². The maximum Gasteiger partial charge on any atom is 0.187 e. The predicted molar refractivity (Wildman–Crippen MR) is 261 cm³/mol. The third-order valence-corrected chi connectivity index (χ3v) is 20.3. The minimum atomic E-state index is -1.88. The average molecular weight is 1090 g/mol. The summed E-state index contributed by atoms with van der Waals surface area (Å²) in [6, 6.07) is 0. The molecule has 8 rings (SSSR count). The van der Waals surface area contributed by atoms with Crippen LogP contribution in [0.5, 0.6) is 0 Å². The van der Waals surface area contributed by atoms with Gasteiger partial charge in [0.1, 0.15) is 91.7 Å². The van der Waals surface area contributed by atoms with Gasteiger partial charge in [0.2, 0.25) is 0 Å². The zero-order chi connectivity index (χ0) is 55.8. The number of hydrogen-bond acceptors (Lipinski definition) is 23. The highest BCUT2D eigenvalue weighted by molar-refractivity contribution is 5.62. The molecule has 8 aliphatic rings. The van der Waals surface area contributed by atoms with Crippen molar-refractivity contribution in [2.45, 2.75) is 241 Å². The highest BCUT2D eigenvalue weighted by atomic mass is 16.8. The van der Waals surface area contributed by atoms with Crippen molar-refractivity contribution in [1.82, 2.24) is 0 Å². The van der Waals surface area contributed by atoms with Crippen molar-refractivity contribution in [3.8, 4) is 0 Å². The van der Waals surface area contributed by atoms with Crippen LogP contribution >= 0.6 is 0 Å². The monoisotopic (exact) mass is 1090 g/mol.